The van der Waals surface area contributed by atoms with Crippen LogP contribution >= 0.6 is 0 Å². The first kappa shape index (κ1) is 13.7. The number of rotatable bonds is 9. The summed E-state index contributed by atoms with van der Waals surface area (Å²) in [6.45, 7) is 2.72. The van der Waals surface area contributed by atoms with Crippen LogP contribution in [0.25, 0.3) is 0 Å². The highest BCUT2D eigenvalue weighted by atomic mass is 16.5. The van der Waals surface area contributed by atoms with Crippen LogP contribution < -0.4 is 5.32 Å². The zero-order valence-electron chi connectivity index (χ0n) is 10.5. The molecule has 4 heteroatoms. The Morgan fingerprint density at radius 3 is 2.29 bits per heavy atom. The number of hydrogen-bond donors (Lipinski definition) is 1. The van der Waals surface area contributed by atoms with Crippen LogP contribution in [0.2, 0.25) is 0 Å². The highest BCUT2D eigenvalue weighted by molar-refractivity contribution is 6.15. The Balaban J connectivity index is 1.96. The van der Waals surface area contributed by atoms with Gasteiger partial charge in [-0.05, 0) is 6.42 Å². The van der Waals surface area contributed by atoms with Gasteiger partial charge < -0.3 is 4.74 Å². The third-order valence-electron chi connectivity index (χ3n) is 2.73. The van der Waals surface area contributed by atoms with E-state index < -0.39 is 5.91 Å². The lowest BCUT2D eigenvalue weighted by atomic mass is 10.1. The minimum atomic E-state index is -0.419. The van der Waals surface area contributed by atoms with E-state index in [1.54, 1.807) is 0 Å². The van der Waals surface area contributed by atoms with Crippen molar-refractivity contribution in [2.24, 2.45) is 0 Å². The first-order valence-corrected chi connectivity index (χ1v) is 6.44. The number of hydrogen-bond acceptors (Lipinski definition) is 3. The van der Waals surface area contributed by atoms with E-state index in [-0.39, 0.29) is 11.7 Å². The maximum absolute atomic E-state index is 11.1. The number of carbonyl (C=O) groups excluding carboxylic acids is 2. The number of amides is 2. The van der Waals surface area contributed by atoms with Gasteiger partial charge in [-0.1, -0.05) is 45.4 Å². The largest absolute Gasteiger partial charge is 0.488 e. The van der Waals surface area contributed by atoms with Gasteiger partial charge in [0.2, 0.25) is 0 Å². The van der Waals surface area contributed by atoms with Crippen LogP contribution in [0.1, 0.15) is 51.9 Å². The van der Waals surface area contributed by atoms with Crippen molar-refractivity contribution >= 4 is 11.8 Å². The van der Waals surface area contributed by atoms with Gasteiger partial charge in [-0.15, -0.1) is 0 Å². The molecule has 0 aromatic heterocycles. The molecule has 0 aromatic rings. The number of unbranched alkanes of at least 4 members (excludes halogenated alkanes) is 6. The molecule has 2 amide bonds. The maximum atomic E-state index is 11.1. The summed E-state index contributed by atoms with van der Waals surface area (Å²) in [4.78, 5) is 21.9. The molecular weight excluding hydrogens is 218 g/mol. The Hall–Kier alpha value is -1.32. The third kappa shape index (κ3) is 5.52. The smallest absolute Gasteiger partial charge is 0.293 e. The van der Waals surface area contributed by atoms with Crippen molar-refractivity contribution in [3.05, 3.63) is 11.8 Å². The zero-order chi connectivity index (χ0) is 12.5. The number of imide groups is 1. The Morgan fingerprint density at radius 2 is 1.71 bits per heavy atom. The summed E-state index contributed by atoms with van der Waals surface area (Å²) < 4.78 is 5.24. The molecule has 1 rings (SSSR count). The Bertz CT molecular complexity index is 297. The van der Waals surface area contributed by atoms with E-state index >= 15 is 0 Å². The molecule has 0 spiro atoms. The molecule has 0 unspecified atom stereocenters. The molecule has 0 saturated carbocycles. The molecule has 1 N–H and O–H groups in total. The topological polar surface area (TPSA) is 55.4 Å². The Labute approximate surface area is 102 Å². The van der Waals surface area contributed by atoms with E-state index in [0.29, 0.717) is 6.61 Å². The molecule has 0 aliphatic carbocycles. The monoisotopic (exact) mass is 239 g/mol. The van der Waals surface area contributed by atoms with Crippen LogP contribution in [0.3, 0.4) is 0 Å². The summed E-state index contributed by atoms with van der Waals surface area (Å²) in [6.07, 6.45) is 9.63. The van der Waals surface area contributed by atoms with Crippen LogP contribution in [-0.4, -0.2) is 18.4 Å². The average Bonchev–Trinajstić information content (AvgIpc) is 2.61. The molecule has 0 aromatic carbocycles. The van der Waals surface area contributed by atoms with E-state index in [1.807, 2.05) is 0 Å². The third-order valence-corrected chi connectivity index (χ3v) is 2.73. The quantitative estimate of drug-likeness (QED) is 0.496. The van der Waals surface area contributed by atoms with Gasteiger partial charge in [-0.3, -0.25) is 14.9 Å². The second-order valence-corrected chi connectivity index (χ2v) is 4.30. The van der Waals surface area contributed by atoms with Gasteiger partial charge in [-0.25, -0.2) is 0 Å². The standard InChI is InChI=1S/C13H21NO3/c1-2-3-4-5-6-7-8-9-17-11-10-12(15)14-13(11)16/h10H,2-9H2,1H3,(H,14,15,16). The van der Waals surface area contributed by atoms with Gasteiger partial charge in [-0.2, -0.15) is 0 Å². The van der Waals surface area contributed by atoms with Gasteiger partial charge in [0.25, 0.3) is 11.8 Å². The molecular formula is C13H21NO3. The number of nitrogens with one attached hydrogen (secondary N) is 1. The lowest BCUT2D eigenvalue weighted by molar-refractivity contribution is -0.125. The van der Waals surface area contributed by atoms with E-state index in [2.05, 4.69) is 12.2 Å². The number of ether oxygens (including phenoxy) is 1. The van der Waals surface area contributed by atoms with E-state index in [4.69, 9.17) is 4.74 Å². The maximum Gasteiger partial charge on any atom is 0.293 e. The summed E-state index contributed by atoms with van der Waals surface area (Å²) >= 11 is 0. The van der Waals surface area contributed by atoms with Crippen molar-refractivity contribution in [1.82, 2.24) is 5.32 Å². The van der Waals surface area contributed by atoms with E-state index in [0.717, 1.165) is 12.8 Å². The van der Waals surface area contributed by atoms with Crippen molar-refractivity contribution in [2.45, 2.75) is 51.9 Å². The molecule has 0 bridgehead atoms. The van der Waals surface area contributed by atoms with Gasteiger partial charge in [0.05, 0.1) is 12.7 Å². The van der Waals surface area contributed by atoms with Crippen LogP contribution in [-0.2, 0) is 14.3 Å². The second-order valence-electron chi connectivity index (χ2n) is 4.30. The van der Waals surface area contributed by atoms with Gasteiger partial charge >= 0.3 is 0 Å². The van der Waals surface area contributed by atoms with Crippen LogP contribution in [0, 0.1) is 0 Å². The lowest BCUT2D eigenvalue weighted by Gasteiger charge is -2.04. The fourth-order valence-electron chi connectivity index (χ4n) is 1.74. The minimum Gasteiger partial charge on any atom is -0.488 e. The Morgan fingerprint density at radius 1 is 1.06 bits per heavy atom. The average molecular weight is 239 g/mol. The molecule has 1 aliphatic heterocycles. The molecule has 96 valence electrons. The Kier molecular flexibility index (Phi) is 6.37. The van der Waals surface area contributed by atoms with Crippen molar-refractivity contribution in [1.29, 1.82) is 0 Å². The molecule has 17 heavy (non-hydrogen) atoms. The fraction of sp³-hybridized carbons (Fsp3) is 0.692. The second kappa shape index (κ2) is 7.87. The first-order valence-electron chi connectivity index (χ1n) is 6.44. The van der Waals surface area contributed by atoms with Crippen molar-refractivity contribution < 1.29 is 14.3 Å². The highest BCUT2D eigenvalue weighted by Crippen LogP contribution is 2.09. The molecule has 1 aliphatic rings. The molecule has 1 heterocycles. The minimum absolute atomic E-state index is 0.154. The van der Waals surface area contributed by atoms with Crippen molar-refractivity contribution in [3.8, 4) is 0 Å². The summed E-state index contributed by atoms with van der Waals surface area (Å²) in [5, 5.41) is 2.15. The summed E-state index contributed by atoms with van der Waals surface area (Å²) in [7, 11) is 0. The predicted octanol–water partition coefficient (Wildman–Crippen LogP) is 2.29. The molecule has 4 nitrogen and oxygen atoms in total. The van der Waals surface area contributed by atoms with Crippen LogP contribution in [0.4, 0.5) is 0 Å². The fourth-order valence-corrected chi connectivity index (χ4v) is 1.74. The van der Waals surface area contributed by atoms with Gasteiger partial charge in [0, 0.05) is 0 Å². The molecule has 0 saturated heterocycles. The van der Waals surface area contributed by atoms with E-state index in [9.17, 15) is 9.59 Å². The van der Waals surface area contributed by atoms with Crippen molar-refractivity contribution in [2.75, 3.05) is 6.61 Å². The summed E-state index contributed by atoms with van der Waals surface area (Å²) in [5.41, 5.74) is 0. The van der Waals surface area contributed by atoms with Gasteiger partial charge in [0.15, 0.2) is 5.76 Å². The highest BCUT2D eigenvalue weighted by Gasteiger charge is 2.21. The van der Waals surface area contributed by atoms with Crippen LogP contribution in [0.5, 0.6) is 0 Å². The van der Waals surface area contributed by atoms with Crippen LogP contribution in [0.15, 0.2) is 11.8 Å². The molecule has 0 radical (unpaired) electrons. The van der Waals surface area contributed by atoms with E-state index in [1.165, 1.54) is 38.2 Å². The lowest BCUT2D eigenvalue weighted by Crippen LogP contribution is -2.22. The van der Waals surface area contributed by atoms with Crippen molar-refractivity contribution in [3.63, 3.8) is 0 Å². The zero-order valence-corrected chi connectivity index (χ0v) is 10.5. The summed E-state index contributed by atoms with van der Waals surface area (Å²) in [5.74, 6) is -0.650. The normalized spacial score (nSPS) is 14.8. The first-order chi connectivity index (χ1) is 8.24. The number of carbonyl (C=O) groups is 2. The summed E-state index contributed by atoms with van der Waals surface area (Å²) in [6, 6.07) is 0. The molecule has 0 fully saturated rings. The van der Waals surface area contributed by atoms with Gasteiger partial charge in [0.1, 0.15) is 0 Å². The molecule has 0 atom stereocenters. The SMILES string of the molecule is CCCCCCCCCOC1=CC(=O)NC1=O. The predicted molar refractivity (Wildman–Crippen MR) is 65.2 cm³/mol.